The van der Waals surface area contributed by atoms with Crippen molar-refractivity contribution in [3.63, 3.8) is 0 Å². The lowest BCUT2D eigenvalue weighted by Crippen LogP contribution is -2.63. The third kappa shape index (κ3) is 3.35. The molecule has 0 aromatic carbocycles. The zero-order chi connectivity index (χ0) is 22.4. The summed E-state index contributed by atoms with van der Waals surface area (Å²) in [6, 6.07) is 2.98. The molecule has 1 atom stereocenters. The number of furan rings is 1. The van der Waals surface area contributed by atoms with Crippen molar-refractivity contribution in [2.75, 3.05) is 5.32 Å². The summed E-state index contributed by atoms with van der Waals surface area (Å²) in [7, 11) is 0. The Morgan fingerprint density at radius 3 is 2.55 bits per heavy atom. The molecule has 3 heterocycles. The van der Waals surface area contributed by atoms with Crippen LogP contribution in [-0.4, -0.2) is 27.5 Å². The second-order valence-corrected chi connectivity index (χ2v) is 7.67. The van der Waals surface area contributed by atoms with Crippen LogP contribution in [0.15, 0.2) is 32.4 Å². The van der Waals surface area contributed by atoms with Crippen molar-refractivity contribution in [3.8, 4) is 0 Å². The second-order valence-electron chi connectivity index (χ2n) is 7.67. The molecule has 1 aliphatic heterocycles. The zero-order valence-electron chi connectivity index (χ0n) is 16.2. The largest absolute Gasteiger partial charge is 0.467 e. The number of anilines is 1. The van der Waals surface area contributed by atoms with E-state index in [4.69, 9.17) is 4.42 Å². The van der Waals surface area contributed by atoms with Gasteiger partial charge in [-0.15, -0.1) is 0 Å². The van der Waals surface area contributed by atoms with Gasteiger partial charge in [-0.2, -0.15) is 13.2 Å². The van der Waals surface area contributed by atoms with Crippen molar-refractivity contribution in [2.24, 2.45) is 5.92 Å². The number of hydrogen-bond donors (Lipinski definition) is 3. The Labute approximate surface area is 172 Å². The molecule has 2 aromatic rings. The molecule has 2 aliphatic rings. The molecule has 0 spiro atoms. The average molecular weight is 440 g/mol. The van der Waals surface area contributed by atoms with Crippen molar-refractivity contribution < 1.29 is 27.2 Å². The van der Waals surface area contributed by atoms with Crippen molar-refractivity contribution in [1.29, 1.82) is 0 Å². The number of hydrogen-bond acceptors (Lipinski definition) is 5. The number of H-pyrrole nitrogens is 1. The normalized spacial score (nSPS) is 21.6. The van der Waals surface area contributed by atoms with E-state index in [-0.39, 0.29) is 12.3 Å². The van der Waals surface area contributed by atoms with E-state index in [9.17, 15) is 32.3 Å². The topological polar surface area (TPSA) is 126 Å². The summed E-state index contributed by atoms with van der Waals surface area (Å²) in [6.45, 7) is -0.338. The molecule has 9 nitrogen and oxygen atoms in total. The SMILES string of the molecule is O=C(N[C@@]1(C(F)(F)F)C(=O)Nc2c1c(=O)[nH]c(=O)n2Cc1ccco1)C1CCCCC1. The van der Waals surface area contributed by atoms with Crippen LogP contribution in [0.2, 0.25) is 0 Å². The molecule has 1 saturated carbocycles. The summed E-state index contributed by atoms with van der Waals surface area (Å²) in [5.41, 5.74) is -7.11. The number of fused-ring (bicyclic) bond motifs is 1. The van der Waals surface area contributed by atoms with Gasteiger partial charge in [-0.1, -0.05) is 19.3 Å². The van der Waals surface area contributed by atoms with E-state index < -0.39 is 52.1 Å². The van der Waals surface area contributed by atoms with Crippen LogP contribution in [0.25, 0.3) is 0 Å². The fourth-order valence-corrected chi connectivity index (χ4v) is 4.19. The zero-order valence-corrected chi connectivity index (χ0v) is 16.2. The van der Waals surface area contributed by atoms with Crippen LogP contribution in [0, 0.1) is 5.92 Å². The molecule has 12 heteroatoms. The summed E-state index contributed by atoms with van der Waals surface area (Å²) >= 11 is 0. The van der Waals surface area contributed by atoms with Gasteiger partial charge in [0.15, 0.2) is 0 Å². The van der Waals surface area contributed by atoms with Crippen LogP contribution < -0.4 is 21.9 Å². The maximum absolute atomic E-state index is 14.3. The second kappa shape index (κ2) is 7.43. The summed E-state index contributed by atoms with van der Waals surface area (Å²) in [5.74, 6) is -3.72. The van der Waals surface area contributed by atoms with E-state index in [0.29, 0.717) is 25.7 Å². The molecule has 4 rings (SSSR count). The minimum absolute atomic E-state index is 0.210. The monoisotopic (exact) mass is 440 g/mol. The number of aromatic amines is 1. The molecule has 31 heavy (non-hydrogen) atoms. The predicted octanol–water partition coefficient (Wildman–Crippen LogP) is 1.58. The number of carbonyl (C=O) groups is 2. The van der Waals surface area contributed by atoms with Gasteiger partial charge >= 0.3 is 11.9 Å². The van der Waals surface area contributed by atoms with Gasteiger partial charge in [0.25, 0.3) is 11.5 Å². The fraction of sp³-hybridized carbons (Fsp3) is 0.474. The van der Waals surface area contributed by atoms with Gasteiger partial charge < -0.3 is 15.1 Å². The first-order chi connectivity index (χ1) is 14.6. The third-order valence-electron chi connectivity index (χ3n) is 5.75. The lowest BCUT2D eigenvalue weighted by Gasteiger charge is -2.32. The van der Waals surface area contributed by atoms with Gasteiger partial charge in [-0.05, 0) is 25.0 Å². The Hall–Kier alpha value is -3.31. The molecule has 0 radical (unpaired) electrons. The number of alkyl halides is 3. The van der Waals surface area contributed by atoms with E-state index in [0.717, 1.165) is 11.0 Å². The third-order valence-corrected chi connectivity index (χ3v) is 5.75. The number of aromatic nitrogens is 2. The molecule has 0 bridgehead atoms. The lowest BCUT2D eigenvalue weighted by atomic mass is 9.86. The van der Waals surface area contributed by atoms with Crippen LogP contribution in [0.1, 0.15) is 43.4 Å². The van der Waals surface area contributed by atoms with Crippen LogP contribution >= 0.6 is 0 Å². The summed E-state index contributed by atoms with van der Waals surface area (Å²) < 4.78 is 48.9. The average Bonchev–Trinajstić information content (AvgIpc) is 3.32. The van der Waals surface area contributed by atoms with Crippen molar-refractivity contribution >= 4 is 17.6 Å². The lowest BCUT2D eigenvalue weighted by molar-refractivity contribution is -0.201. The van der Waals surface area contributed by atoms with Gasteiger partial charge in [0.1, 0.15) is 17.1 Å². The van der Waals surface area contributed by atoms with Gasteiger partial charge in [0.2, 0.25) is 11.4 Å². The number of nitrogens with zero attached hydrogens (tertiary/aromatic N) is 1. The van der Waals surface area contributed by atoms with Crippen LogP contribution in [0.4, 0.5) is 19.0 Å². The highest BCUT2D eigenvalue weighted by Gasteiger charge is 2.68. The van der Waals surface area contributed by atoms with Crippen molar-refractivity contribution in [3.05, 3.63) is 50.6 Å². The number of nitrogens with one attached hydrogen (secondary N) is 3. The molecule has 2 amide bonds. The van der Waals surface area contributed by atoms with E-state index >= 15 is 0 Å². The molecule has 1 aliphatic carbocycles. The Kier molecular flexibility index (Phi) is 5.02. The minimum atomic E-state index is -5.34. The van der Waals surface area contributed by atoms with E-state index in [1.165, 1.54) is 18.4 Å². The summed E-state index contributed by atoms with van der Waals surface area (Å²) in [4.78, 5) is 52.0. The number of amides is 2. The first-order valence-electron chi connectivity index (χ1n) is 9.75. The molecule has 2 aromatic heterocycles. The first kappa shape index (κ1) is 20.9. The van der Waals surface area contributed by atoms with E-state index in [1.54, 1.807) is 0 Å². The van der Waals surface area contributed by atoms with Crippen molar-refractivity contribution in [1.82, 2.24) is 14.9 Å². The number of carbonyl (C=O) groups excluding carboxylic acids is 2. The number of rotatable bonds is 4. The van der Waals surface area contributed by atoms with Crippen LogP contribution in [-0.2, 0) is 21.7 Å². The van der Waals surface area contributed by atoms with Gasteiger partial charge in [0, 0.05) is 5.92 Å². The molecule has 0 saturated heterocycles. The quantitative estimate of drug-likeness (QED) is 0.666. The summed E-state index contributed by atoms with van der Waals surface area (Å²) in [6.07, 6.45) is -1.02. The Morgan fingerprint density at radius 1 is 1.23 bits per heavy atom. The maximum Gasteiger partial charge on any atom is 0.425 e. The Bertz CT molecular complexity index is 1130. The van der Waals surface area contributed by atoms with Gasteiger partial charge in [-0.3, -0.25) is 23.9 Å². The van der Waals surface area contributed by atoms with Gasteiger partial charge in [-0.25, -0.2) is 4.79 Å². The Balaban J connectivity index is 1.85. The molecule has 1 fully saturated rings. The highest BCUT2D eigenvalue weighted by Crippen LogP contribution is 2.45. The minimum Gasteiger partial charge on any atom is -0.467 e. The molecule has 0 unspecified atom stereocenters. The standard InChI is InChI=1S/C19H19F3N4O5/c20-19(21,22)18(25-14(27)10-5-2-1-3-6-10)12-13(23-16(18)29)26(17(30)24-15(12)28)9-11-7-4-8-31-11/h4,7-8,10H,1-3,5-6,9H2,(H,23,29)(H,25,27)(H,24,28,30)/t18-/m1/s1. The highest BCUT2D eigenvalue weighted by atomic mass is 19.4. The van der Waals surface area contributed by atoms with Crippen LogP contribution in [0.3, 0.4) is 0 Å². The van der Waals surface area contributed by atoms with Gasteiger partial charge in [0.05, 0.1) is 12.8 Å². The molecular formula is C19H19F3N4O5. The highest BCUT2D eigenvalue weighted by molar-refractivity contribution is 6.07. The fourth-order valence-electron chi connectivity index (χ4n) is 4.19. The Morgan fingerprint density at radius 2 is 1.94 bits per heavy atom. The van der Waals surface area contributed by atoms with Crippen LogP contribution in [0.5, 0.6) is 0 Å². The molecule has 166 valence electrons. The first-order valence-corrected chi connectivity index (χ1v) is 9.75. The van der Waals surface area contributed by atoms with E-state index in [1.807, 2.05) is 15.6 Å². The summed E-state index contributed by atoms with van der Waals surface area (Å²) in [5, 5.41) is 3.81. The molecule has 3 N–H and O–H groups in total. The maximum atomic E-state index is 14.3. The smallest absolute Gasteiger partial charge is 0.425 e. The van der Waals surface area contributed by atoms with E-state index in [2.05, 4.69) is 0 Å². The van der Waals surface area contributed by atoms with Crippen molar-refractivity contribution in [2.45, 2.75) is 50.4 Å². The predicted molar refractivity (Wildman–Crippen MR) is 100 cm³/mol. The molecular weight excluding hydrogens is 421 g/mol. The number of halogens is 3.